The molecule has 2 aromatic rings. The number of hydrogen-bond donors (Lipinski definition) is 5. The van der Waals surface area contributed by atoms with Crippen molar-refractivity contribution in [2.24, 2.45) is 0 Å². The van der Waals surface area contributed by atoms with Crippen LogP contribution in [0.4, 0.5) is 28.8 Å². The number of carbonyl (C=O) groups excluding carboxylic acids is 1. The van der Waals surface area contributed by atoms with Crippen LogP contribution in [-0.2, 0) is 4.74 Å². The predicted molar refractivity (Wildman–Crippen MR) is 94.6 cm³/mol. The molecule has 1 aromatic carbocycles. The van der Waals surface area contributed by atoms with E-state index in [0.29, 0.717) is 0 Å². The molecule has 1 aromatic heterocycles. The number of nitrogens with zero attached hydrogens (tertiary/aromatic N) is 1. The van der Waals surface area contributed by atoms with Gasteiger partial charge in [0.05, 0.1) is 12.3 Å². The molecule has 0 aliphatic carbocycles. The first-order valence-electron chi connectivity index (χ1n) is 8.18. The second-order valence-corrected chi connectivity index (χ2v) is 6.85. The highest BCUT2D eigenvalue weighted by Gasteiger charge is 2.44. The quantitative estimate of drug-likeness (QED) is 0.484. The van der Waals surface area contributed by atoms with Gasteiger partial charge in [0.2, 0.25) is 0 Å². The number of rotatable bonds is 5. The maximum Gasteiger partial charge on any atom is 0.573 e. The molecule has 5 N–H and O–H groups in total. The van der Waals surface area contributed by atoms with Crippen molar-refractivity contribution in [2.75, 3.05) is 17.2 Å². The zero-order valence-electron chi connectivity index (χ0n) is 14.5. The third kappa shape index (κ3) is 5.33. The highest BCUT2D eigenvalue weighted by Crippen LogP contribution is 2.34. The van der Waals surface area contributed by atoms with Gasteiger partial charge in [0.1, 0.15) is 30.2 Å². The lowest BCUT2D eigenvalue weighted by molar-refractivity contribution is -0.274. The van der Waals surface area contributed by atoms with Crippen LogP contribution in [0.25, 0.3) is 0 Å². The molecule has 2 heterocycles. The number of halogens is 3. The third-order valence-electron chi connectivity index (χ3n) is 3.92. The average molecular weight is 435 g/mol. The summed E-state index contributed by atoms with van der Waals surface area (Å²) in [6.07, 6.45) is -9.26. The predicted octanol–water partition coefficient (Wildman–Crippen LogP) is 1.84. The summed E-state index contributed by atoms with van der Waals surface area (Å²) in [5.74, 6) is -0.425. The van der Waals surface area contributed by atoms with E-state index in [1.54, 1.807) is 0 Å². The number of hydrogen-bond acceptors (Lipinski definition) is 8. The van der Waals surface area contributed by atoms with E-state index in [9.17, 15) is 28.2 Å². The minimum atomic E-state index is -4.81. The van der Waals surface area contributed by atoms with Crippen LogP contribution in [0.15, 0.2) is 29.6 Å². The maximum atomic E-state index is 12.1. The van der Waals surface area contributed by atoms with Gasteiger partial charge in [-0.1, -0.05) is 0 Å². The van der Waals surface area contributed by atoms with Gasteiger partial charge in [-0.15, -0.1) is 24.5 Å². The summed E-state index contributed by atoms with van der Waals surface area (Å²) in [5, 5.41) is 35.4. The number of thiazole rings is 1. The number of alkyl halides is 3. The third-order valence-corrected chi connectivity index (χ3v) is 4.70. The van der Waals surface area contributed by atoms with Crippen LogP contribution in [0, 0.1) is 0 Å². The molecule has 3 rings (SSSR count). The van der Waals surface area contributed by atoms with E-state index in [4.69, 9.17) is 9.84 Å². The van der Waals surface area contributed by atoms with E-state index in [1.165, 1.54) is 17.5 Å². The molecular formula is C16H16F3N3O6S. The summed E-state index contributed by atoms with van der Waals surface area (Å²) >= 11 is 1.03. The molecule has 0 unspecified atom stereocenters. The Labute approximate surface area is 165 Å². The number of aliphatic hydroxyl groups excluding tert-OH is 3. The largest absolute Gasteiger partial charge is 0.573 e. The number of anilines is 2. The summed E-state index contributed by atoms with van der Waals surface area (Å²) in [6, 6.07) is 3.86. The van der Waals surface area contributed by atoms with Crippen LogP contribution in [0.1, 0.15) is 11.8 Å². The highest BCUT2D eigenvalue weighted by atomic mass is 32.1. The van der Waals surface area contributed by atoms with Crippen LogP contribution in [-0.4, -0.2) is 57.6 Å². The standard InChI is InChI=1S/C16H16F3N3O6S/c17-16(18,19)28-8-3-1-7(2-4-8)20-14(26)22-15-21-9(6-29-15)13-12(25)11(24)10(5-23)27-13/h1-4,6,10-13,23-25H,5H2,(H2,20,21,22,26)/t10-,11-,12-,13+/m1/s1. The van der Waals surface area contributed by atoms with E-state index < -0.39 is 49.2 Å². The van der Waals surface area contributed by atoms with Crippen molar-refractivity contribution in [3.63, 3.8) is 0 Å². The van der Waals surface area contributed by atoms with Gasteiger partial charge in [0.25, 0.3) is 0 Å². The molecule has 0 radical (unpaired) electrons. The molecule has 158 valence electrons. The first-order valence-corrected chi connectivity index (χ1v) is 9.06. The molecular weight excluding hydrogens is 419 g/mol. The van der Waals surface area contributed by atoms with Crippen molar-refractivity contribution < 1.29 is 42.8 Å². The van der Waals surface area contributed by atoms with Gasteiger partial charge in [-0.05, 0) is 24.3 Å². The molecule has 0 spiro atoms. The second kappa shape index (κ2) is 8.51. The van der Waals surface area contributed by atoms with Gasteiger partial charge in [0, 0.05) is 11.1 Å². The second-order valence-electron chi connectivity index (χ2n) is 5.99. The molecule has 1 saturated heterocycles. The zero-order chi connectivity index (χ0) is 21.2. The maximum absolute atomic E-state index is 12.1. The van der Waals surface area contributed by atoms with Crippen LogP contribution in [0.5, 0.6) is 5.75 Å². The van der Waals surface area contributed by atoms with Gasteiger partial charge >= 0.3 is 12.4 Å². The summed E-state index contributed by atoms with van der Waals surface area (Å²) in [6.45, 7) is -0.473. The average Bonchev–Trinajstić information content (AvgIpc) is 3.20. The molecule has 29 heavy (non-hydrogen) atoms. The minimum Gasteiger partial charge on any atom is -0.406 e. The lowest BCUT2D eigenvalue weighted by Gasteiger charge is -2.11. The molecule has 1 aliphatic rings. The molecule has 13 heteroatoms. The molecule has 2 amide bonds. The Morgan fingerprint density at radius 1 is 1.21 bits per heavy atom. The molecule has 9 nitrogen and oxygen atoms in total. The van der Waals surface area contributed by atoms with Crippen LogP contribution >= 0.6 is 11.3 Å². The van der Waals surface area contributed by atoms with E-state index in [2.05, 4.69) is 20.4 Å². The van der Waals surface area contributed by atoms with E-state index >= 15 is 0 Å². The summed E-state index contributed by atoms with van der Waals surface area (Å²) < 4.78 is 45.5. The molecule has 0 bridgehead atoms. The normalized spacial score (nSPS) is 24.3. The highest BCUT2D eigenvalue weighted by molar-refractivity contribution is 7.13. The Morgan fingerprint density at radius 3 is 2.48 bits per heavy atom. The van der Waals surface area contributed by atoms with Crippen LogP contribution < -0.4 is 15.4 Å². The van der Waals surface area contributed by atoms with Crippen LogP contribution in [0.3, 0.4) is 0 Å². The van der Waals surface area contributed by atoms with Crippen molar-refractivity contribution in [1.82, 2.24) is 4.98 Å². The number of carbonyl (C=O) groups is 1. The van der Waals surface area contributed by atoms with Gasteiger partial charge in [-0.3, -0.25) is 5.32 Å². The fourth-order valence-electron chi connectivity index (χ4n) is 2.62. The number of nitrogens with one attached hydrogen (secondary N) is 2. The minimum absolute atomic E-state index is 0.160. The van der Waals surface area contributed by atoms with Gasteiger partial charge in [0.15, 0.2) is 5.13 Å². The lowest BCUT2D eigenvalue weighted by Crippen LogP contribution is -2.32. The van der Waals surface area contributed by atoms with Gasteiger partial charge < -0.3 is 30.1 Å². The number of aromatic nitrogens is 1. The smallest absolute Gasteiger partial charge is 0.406 e. The van der Waals surface area contributed by atoms with Crippen molar-refractivity contribution >= 4 is 28.2 Å². The van der Waals surface area contributed by atoms with E-state index in [0.717, 1.165) is 23.5 Å². The van der Waals surface area contributed by atoms with Gasteiger partial charge in [-0.25, -0.2) is 9.78 Å². The van der Waals surface area contributed by atoms with Crippen molar-refractivity contribution in [1.29, 1.82) is 0 Å². The zero-order valence-corrected chi connectivity index (χ0v) is 15.3. The number of benzene rings is 1. The molecule has 1 aliphatic heterocycles. The van der Waals surface area contributed by atoms with Crippen molar-refractivity contribution in [3.05, 3.63) is 35.3 Å². The van der Waals surface area contributed by atoms with Crippen LogP contribution in [0.2, 0.25) is 0 Å². The van der Waals surface area contributed by atoms with Crippen molar-refractivity contribution in [2.45, 2.75) is 30.8 Å². The molecule has 0 saturated carbocycles. The van der Waals surface area contributed by atoms with E-state index in [-0.39, 0.29) is 16.5 Å². The topological polar surface area (TPSA) is 133 Å². The summed E-state index contributed by atoms with van der Waals surface area (Å²) in [5.41, 5.74) is 0.485. The number of aliphatic hydroxyl groups is 3. The molecule has 4 atom stereocenters. The van der Waals surface area contributed by atoms with Crippen molar-refractivity contribution in [3.8, 4) is 5.75 Å². The fourth-order valence-corrected chi connectivity index (χ4v) is 3.35. The Hall–Kier alpha value is -2.45. The fraction of sp³-hybridized carbons (Fsp3) is 0.375. The Bertz CT molecular complexity index is 847. The number of urea groups is 1. The first kappa shape index (κ1) is 21.3. The number of ether oxygens (including phenoxy) is 2. The first-order chi connectivity index (χ1) is 13.7. The monoisotopic (exact) mass is 435 g/mol. The summed E-state index contributed by atoms with van der Waals surface area (Å²) in [7, 11) is 0. The van der Waals surface area contributed by atoms with E-state index in [1.807, 2.05) is 0 Å². The lowest BCUT2D eigenvalue weighted by atomic mass is 10.1. The molecule has 1 fully saturated rings. The number of amides is 2. The Balaban J connectivity index is 1.57. The SMILES string of the molecule is O=C(Nc1ccc(OC(F)(F)F)cc1)Nc1nc([C@@H]2O[C@H](CO)[C@@H](O)[C@H]2O)cs1. The van der Waals surface area contributed by atoms with Gasteiger partial charge in [-0.2, -0.15) is 0 Å². The Morgan fingerprint density at radius 2 is 1.90 bits per heavy atom. The summed E-state index contributed by atoms with van der Waals surface area (Å²) in [4.78, 5) is 16.1. The Kier molecular flexibility index (Phi) is 6.24.